The number of aryl methyl sites for hydroxylation is 2. The minimum absolute atomic E-state index is 0.0731. The van der Waals surface area contributed by atoms with Crippen molar-refractivity contribution in [2.75, 3.05) is 13.7 Å². The molecule has 0 fully saturated rings. The molecule has 0 aliphatic heterocycles. The van der Waals surface area contributed by atoms with Crippen LogP contribution in [-0.4, -0.2) is 28.3 Å². The number of nitrogens with zero attached hydrogens (tertiary/aromatic N) is 2. The Morgan fingerprint density at radius 3 is 2.65 bits per heavy atom. The average molecular weight is 273 g/mol. The van der Waals surface area contributed by atoms with Crippen LogP contribution in [0, 0.1) is 0 Å². The quantitative estimate of drug-likeness (QED) is 0.810. The molecule has 2 N–H and O–H groups in total. The summed E-state index contributed by atoms with van der Waals surface area (Å²) in [7, 11) is 1.90. The number of hydrogen-bond acceptors (Lipinski definition) is 3. The van der Waals surface area contributed by atoms with Crippen LogP contribution in [0.4, 0.5) is 0 Å². The molecule has 0 radical (unpaired) electrons. The Morgan fingerprint density at radius 1 is 1.30 bits per heavy atom. The lowest BCUT2D eigenvalue weighted by molar-refractivity contribution is 0.153. The van der Waals surface area contributed by atoms with Crippen molar-refractivity contribution in [1.82, 2.24) is 14.9 Å². The Balaban J connectivity index is 2.18. The van der Waals surface area contributed by atoms with Crippen molar-refractivity contribution in [3.05, 3.63) is 54.1 Å². The number of hydrogen-bond donors (Lipinski definition) is 2. The summed E-state index contributed by atoms with van der Waals surface area (Å²) in [6.45, 7) is 3.01. The molecule has 0 bridgehead atoms. The third kappa shape index (κ3) is 2.92. The lowest BCUT2D eigenvalue weighted by atomic mass is 9.87. The van der Waals surface area contributed by atoms with Gasteiger partial charge in [-0.3, -0.25) is 0 Å². The molecule has 4 heteroatoms. The molecular formula is C16H23N3O. The second-order valence-electron chi connectivity index (χ2n) is 5.00. The van der Waals surface area contributed by atoms with Crippen molar-refractivity contribution in [2.24, 2.45) is 0 Å². The van der Waals surface area contributed by atoms with E-state index in [-0.39, 0.29) is 6.61 Å². The molecule has 0 aliphatic rings. The molecule has 1 unspecified atom stereocenters. The largest absolute Gasteiger partial charge is 0.394 e. The van der Waals surface area contributed by atoms with E-state index in [0.717, 1.165) is 30.8 Å². The van der Waals surface area contributed by atoms with E-state index in [9.17, 15) is 5.11 Å². The fraction of sp³-hybridized carbons (Fsp3) is 0.438. The lowest BCUT2D eigenvalue weighted by Crippen LogP contribution is -2.44. The highest BCUT2D eigenvalue weighted by molar-refractivity contribution is 5.24. The molecule has 0 saturated heterocycles. The first-order valence-corrected chi connectivity index (χ1v) is 7.11. The molecule has 1 aromatic heterocycles. The summed E-state index contributed by atoms with van der Waals surface area (Å²) >= 11 is 0. The summed E-state index contributed by atoms with van der Waals surface area (Å²) in [5.41, 5.74) is 0.708. The van der Waals surface area contributed by atoms with Crippen molar-refractivity contribution in [1.29, 1.82) is 0 Å². The number of rotatable bonds is 7. The minimum Gasteiger partial charge on any atom is -0.394 e. The predicted molar refractivity (Wildman–Crippen MR) is 80.5 cm³/mol. The van der Waals surface area contributed by atoms with Gasteiger partial charge < -0.3 is 15.0 Å². The van der Waals surface area contributed by atoms with E-state index in [4.69, 9.17) is 0 Å². The second-order valence-corrected chi connectivity index (χ2v) is 5.00. The van der Waals surface area contributed by atoms with Gasteiger partial charge in [-0.15, -0.1) is 0 Å². The topological polar surface area (TPSA) is 50.1 Å². The summed E-state index contributed by atoms with van der Waals surface area (Å²) in [6, 6.07) is 10.1. The van der Waals surface area contributed by atoms with Crippen LogP contribution in [0.1, 0.15) is 24.7 Å². The Bertz CT molecular complexity index is 518. The zero-order valence-corrected chi connectivity index (χ0v) is 12.2. The SMILES string of the molecule is CCc1nccn1CCC(CO)(NC)c1ccccc1. The maximum absolute atomic E-state index is 9.90. The van der Waals surface area contributed by atoms with Gasteiger partial charge in [0, 0.05) is 25.4 Å². The fourth-order valence-electron chi connectivity index (χ4n) is 2.59. The van der Waals surface area contributed by atoms with Gasteiger partial charge in [0.2, 0.25) is 0 Å². The zero-order chi connectivity index (χ0) is 14.4. The maximum Gasteiger partial charge on any atom is 0.108 e. The molecule has 4 nitrogen and oxygen atoms in total. The van der Waals surface area contributed by atoms with Gasteiger partial charge in [-0.05, 0) is 19.0 Å². The van der Waals surface area contributed by atoms with Crippen LogP contribution in [0.25, 0.3) is 0 Å². The predicted octanol–water partition coefficient (Wildman–Crippen LogP) is 1.94. The number of likely N-dealkylation sites (N-methyl/N-ethyl adjacent to an activating group) is 1. The number of aliphatic hydroxyl groups excluding tert-OH is 1. The molecule has 1 atom stereocenters. The molecule has 2 aromatic rings. The van der Waals surface area contributed by atoms with E-state index < -0.39 is 5.54 Å². The van der Waals surface area contributed by atoms with Gasteiger partial charge >= 0.3 is 0 Å². The smallest absolute Gasteiger partial charge is 0.108 e. The van der Waals surface area contributed by atoms with Crippen LogP contribution in [0.15, 0.2) is 42.7 Å². The van der Waals surface area contributed by atoms with E-state index in [2.05, 4.69) is 33.9 Å². The Hall–Kier alpha value is -1.65. The van der Waals surface area contributed by atoms with Crippen LogP contribution in [0.2, 0.25) is 0 Å². The number of nitrogens with one attached hydrogen (secondary N) is 1. The Labute approximate surface area is 120 Å². The van der Waals surface area contributed by atoms with Crippen LogP contribution < -0.4 is 5.32 Å². The molecule has 0 spiro atoms. The second kappa shape index (κ2) is 6.68. The van der Waals surface area contributed by atoms with Crippen molar-refractivity contribution >= 4 is 0 Å². The van der Waals surface area contributed by atoms with Gasteiger partial charge in [-0.1, -0.05) is 37.3 Å². The van der Waals surface area contributed by atoms with E-state index in [0.29, 0.717) is 0 Å². The average Bonchev–Trinajstić information content (AvgIpc) is 2.97. The summed E-state index contributed by atoms with van der Waals surface area (Å²) in [5, 5.41) is 13.2. The van der Waals surface area contributed by atoms with Gasteiger partial charge in [-0.2, -0.15) is 0 Å². The first-order valence-electron chi connectivity index (χ1n) is 7.11. The molecule has 108 valence electrons. The first-order chi connectivity index (χ1) is 9.75. The van der Waals surface area contributed by atoms with E-state index >= 15 is 0 Å². The van der Waals surface area contributed by atoms with Gasteiger partial charge in [0.25, 0.3) is 0 Å². The van der Waals surface area contributed by atoms with Crippen molar-refractivity contribution < 1.29 is 5.11 Å². The van der Waals surface area contributed by atoms with Gasteiger partial charge in [0.05, 0.1) is 12.1 Å². The van der Waals surface area contributed by atoms with E-state index in [1.807, 2.05) is 37.6 Å². The third-order valence-electron chi connectivity index (χ3n) is 3.97. The monoisotopic (exact) mass is 273 g/mol. The maximum atomic E-state index is 9.90. The highest BCUT2D eigenvalue weighted by atomic mass is 16.3. The van der Waals surface area contributed by atoms with Crippen molar-refractivity contribution in [3.63, 3.8) is 0 Å². The van der Waals surface area contributed by atoms with Crippen LogP contribution in [0.5, 0.6) is 0 Å². The van der Waals surface area contributed by atoms with Gasteiger partial charge in [0.1, 0.15) is 5.82 Å². The summed E-state index contributed by atoms with van der Waals surface area (Å²) in [6.07, 6.45) is 5.57. The molecule has 0 saturated carbocycles. The Morgan fingerprint density at radius 2 is 2.05 bits per heavy atom. The molecular weight excluding hydrogens is 250 g/mol. The van der Waals surface area contributed by atoms with Crippen molar-refractivity contribution in [2.45, 2.75) is 31.8 Å². The van der Waals surface area contributed by atoms with Gasteiger partial charge in [0.15, 0.2) is 0 Å². The normalized spacial score (nSPS) is 14.2. The third-order valence-corrected chi connectivity index (χ3v) is 3.97. The Kier molecular flexibility index (Phi) is 4.93. The first kappa shape index (κ1) is 14.8. The molecule has 1 heterocycles. The van der Waals surface area contributed by atoms with E-state index in [1.165, 1.54) is 0 Å². The molecule has 2 rings (SSSR count). The molecule has 20 heavy (non-hydrogen) atoms. The summed E-state index contributed by atoms with van der Waals surface area (Å²) in [4.78, 5) is 4.34. The van der Waals surface area contributed by atoms with E-state index in [1.54, 1.807) is 0 Å². The number of aromatic nitrogens is 2. The van der Waals surface area contributed by atoms with Crippen molar-refractivity contribution in [3.8, 4) is 0 Å². The summed E-state index contributed by atoms with van der Waals surface area (Å²) < 4.78 is 2.16. The number of benzene rings is 1. The minimum atomic E-state index is -0.406. The lowest BCUT2D eigenvalue weighted by Gasteiger charge is -2.32. The highest BCUT2D eigenvalue weighted by Gasteiger charge is 2.29. The highest BCUT2D eigenvalue weighted by Crippen LogP contribution is 2.25. The molecule has 0 amide bonds. The standard InChI is InChI=1S/C16H23N3O/c1-3-15-18-10-12-19(15)11-9-16(13-20,17-2)14-7-5-4-6-8-14/h4-8,10,12,17,20H,3,9,11,13H2,1-2H3. The van der Waals surface area contributed by atoms with Gasteiger partial charge in [-0.25, -0.2) is 4.98 Å². The zero-order valence-electron chi connectivity index (χ0n) is 12.2. The van der Waals surface area contributed by atoms with Crippen LogP contribution in [-0.2, 0) is 18.5 Å². The number of imidazole rings is 1. The molecule has 1 aromatic carbocycles. The van der Waals surface area contributed by atoms with Crippen LogP contribution in [0.3, 0.4) is 0 Å². The number of aliphatic hydroxyl groups is 1. The fourth-order valence-corrected chi connectivity index (χ4v) is 2.59. The van der Waals surface area contributed by atoms with Crippen LogP contribution >= 0.6 is 0 Å². The summed E-state index contributed by atoms with van der Waals surface area (Å²) in [5.74, 6) is 1.08. The molecule has 0 aliphatic carbocycles.